The molecular weight excluding hydrogens is 292 g/mol. The lowest BCUT2D eigenvalue weighted by molar-refractivity contribution is -0.0194. The number of benzene rings is 1. The number of hydrogen-bond donors (Lipinski definition) is 0. The fraction of sp³-hybridized carbons (Fsp3) is 0.600. The summed E-state index contributed by atoms with van der Waals surface area (Å²) in [5.74, 6) is 0.894. The second kappa shape index (κ2) is 7.15. The lowest BCUT2D eigenvalue weighted by Crippen LogP contribution is -2.20. The number of rotatable bonds is 5. The summed E-state index contributed by atoms with van der Waals surface area (Å²) in [7, 11) is 1.70. The first kappa shape index (κ1) is 13.9. The van der Waals surface area contributed by atoms with E-state index in [1.807, 2.05) is 12.1 Å². The lowest BCUT2D eigenvalue weighted by Gasteiger charge is -2.27. The molecule has 3 heteroatoms. The van der Waals surface area contributed by atoms with Gasteiger partial charge in [0.25, 0.3) is 0 Å². The van der Waals surface area contributed by atoms with E-state index >= 15 is 0 Å². The van der Waals surface area contributed by atoms with E-state index < -0.39 is 0 Å². The summed E-state index contributed by atoms with van der Waals surface area (Å²) in [4.78, 5) is 0. The summed E-state index contributed by atoms with van der Waals surface area (Å²) in [5, 5.41) is 0.830. The maximum atomic E-state index is 6.22. The van der Waals surface area contributed by atoms with Gasteiger partial charge in [0.2, 0.25) is 0 Å². The van der Waals surface area contributed by atoms with Gasteiger partial charge in [0.1, 0.15) is 5.75 Å². The van der Waals surface area contributed by atoms with Crippen LogP contribution in [0.4, 0.5) is 0 Å². The van der Waals surface area contributed by atoms with Crippen LogP contribution in [0.2, 0.25) is 0 Å². The van der Waals surface area contributed by atoms with E-state index in [4.69, 9.17) is 9.47 Å². The maximum absolute atomic E-state index is 6.22. The number of halogens is 1. The highest BCUT2D eigenvalue weighted by molar-refractivity contribution is 9.09. The second-order valence-corrected chi connectivity index (χ2v) is 5.46. The molecule has 1 aromatic carbocycles. The van der Waals surface area contributed by atoms with Crippen LogP contribution in [0.3, 0.4) is 0 Å². The molecule has 0 heterocycles. The molecular formula is C15H21BrO2. The third-order valence-corrected chi connectivity index (χ3v) is 4.10. The van der Waals surface area contributed by atoms with Gasteiger partial charge in [0.05, 0.1) is 19.3 Å². The van der Waals surface area contributed by atoms with Gasteiger partial charge in [-0.1, -0.05) is 47.3 Å². The molecule has 1 saturated carbocycles. The maximum Gasteiger partial charge on any atom is 0.119 e. The first-order valence-electron chi connectivity index (χ1n) is 6.69. The van der Waals surface area contributed by atoms with Crippen LogP contribution in [-0.4, -0.2) is 18.5 Å². The molecule has 2 nitrogen and oxygen atoms in total. The Morgan fingerprint density at radius 2 is 2.06 bits per heavy atom. The van der Waals surface area contributed by atoms with Gasteiger partial charge in [0.15, 0.2) is 0 Å². The second-order valence-electron chi connectivity index (χ2n) is 4.82. The Bertz CT molecular complexity index is 361. The third kappa shape index (κ3) is 3.72. The predicted molar refractivity (Wildman–Crippen MR) is 77.5 cm³/mol. The molecule has 0 amide bonds. The topological polar surface area (TPSA) is 18.5 Å². The van der Waals surface area contributed by atoms with Crippen LogP contribution in [0.5, 0.6) is 5.75 Å². The molecule has 2 rings (SSSR count). The zero-order valence-electron chi connectivity index (χ0n) is 10.9. The molecule has 0 N–H and O–H groups in total. The van der Waals surface area contributed by atoms with E-state index in [9.17, 15) is 0 Å². The molecule has 0 spiro atoms. The third-order valence-electron chi connectivity index (χ3n) is 3.51. The summed E-state index contributed by atoms with van der Waals surface area (Å²) in [6.45, 7) is 0. The van der Waals surface area contributed by atoms with Gasteiger partial charge in [-0.05, 0) is 30.5 Å². The summed E-state index contributed by atoms with van der Waals surface area (Å²) >= 11 is 3.56. The molecule has 0 aromatic heterocycles. The summed E-state index contributed by atoms with van der Waals surface area (Å²) < 4.78 is 11.5. The van der Waals surface area contributed by atoms with E-state index in [1.165, 1.54) is 37.7 Å². The van der Waals surface area contributed by atoms with Crippen molar-refractivity contribution < 1.29 is 9.47 Å². The Kier molecular flexibility index (Phi) is 5.51. The molecule has 1 aliphatic carbocycles. The SMILES string of the molecule is COc1cccc(C(CBr)OC2CCCCC2)c1. The van der Waals surface area contributed by atoms with Crippen LogP contribution in [0.15, 0.2) is 24.3 Å². The molecule has 1 fully saturated rings. The van der Waals surface area contributed by atoms with Crippen molar-refractivity contribution in [3.05, 3.63) is 29.8 Å². The van der Waals surface area contributed by atoms with Gasteiger partial charge in [-0.15, -0.1) is 0 Å². The smallest absolute Gasteiger partial charge is 0.119 e. The fourth-order valence-corrected chi connectivity index (χ4v) is 3.01. The van der Waals surface area contributed by atoms with Crippen molar-refractivity contribution in [3.8, 4) is 5.75 Å². The summed E-state index contributed by atoms with van der Waals surface area (Å²) in [6, 6.07) is 8.16. The highest BCUT2D eigenvalue weighted by Gasteiger charge is 2.20. The van der Waals surface area contributed by atoms with Gasteiger partial charge in [-0.2, -0.15) is 0 Å². The largest absolute Gasteiger partial charge is 0.497 e. The van der Waals surface area contributed by atoms with Crippen LogP contribution in [0, 0.1) is 0 Å². The average molecular weight is 313 g/mol. The van der Waals surface area contributed by atoms with Crippen molar-refractivity contribution in [2.24, 2.45) is 0 Å². The van der Waals surface area contributed by atoms with Crippen molar-refractivity contribution in [1.82, 2.24) is 0 Å². The van der Waals surface area contributed by atoms with Gasteiger partial charge < -0.3 is 9.47 Å². The first-order chi connectivity index (χ1) is 8.83. The molecule has 0 aliphatic heterocycles. The minimum Gasteiger partial charge on any atom is -0.497 e. The van der Waals surface area contributed by atoms with Crippen molar-refractivity contribution in [2.75, 3.05) is 12.4 Å². The molecule has 0 radical (unpaired) electrons. The van der Waals surface area contributed by atoms with Crippen molar-refractivity contribution in [2.45, 2.75) is 44.3 Å². The van der Waals surface area contributed by atoms with E-state index in [0.29, 0.717) is 6.10 Å². The molecule has 1 aromatic rings. The first-order valence-corrected chi connectivity index (χ1v) is 7.81. The van der Waals surface area contributed by atoms with E-state index in [0.717, 1.165) is 11.1 Å². The Morgan fingerprint density at radius 3 is 2.72 bits per heavy atom. The van der Waals surface area contributed by atoms with Crippen molar-refractivity contribution >= 4 is 15.9 Å². The average Bonchev–Trinajstić information content (AvgIpc) is 2.46. The van der Waals surface area contributed by atoms with Crippen LogP contribution < -0.4 is 4.74 Å². The standard InChI is InChI=1S/C15H21BrO2/c1-17-14-9-5-6-12(10-14)15(11-16)18-13-7-3-2-4-8-13/h5-6,9-10,13,15H,2-4,7-8,11H2,1H3. The number of ether oxygens (including phenoxy) is 2. The number of methoxy groups -OCH3 is 1. The van der Waals surface area contributed by atoms with E-state index in [1.54, 1.807) is 7.11 Å². The number of alkyl halides is 1. The normalized spacial score (nSPS) is 18.6. The van der Waals surface area contributed by atoms with Crippen LogP contribution in [0.25, 0.3) is 0 Å². The minimum atomic E-state index is 0.128. The van der Waals surface area contributed by atoms with E-state index in [-0.39, 0.29) is 6.10 Å². The highest BCUT2D eigenvalue weighted by Crippen LogP contribution is 2.29. The van der Waals surface area contributed by atoms with Crippen molar-refractivity contribution in [3.63, 3.8) is 0 Å². The van der Waals surface area contributed by atoms with Crippen LogP contribution in [-0.2, 0) is 4.74 Å². The molecule has 100 valence electrons. The van der Waals surface area contributed by atoms with Gasteiger partial charge in [0, 0.05) is 5.33 Å². The molecule has 1 unspecified atom stereocenters. The van der Waals surface area contributed by atoms with E-state index in [2.05, 4.69) is 28.1 Å². The summed E-state index contributed by atoms with van der Waals surface area (Å²) in [6.07, 6.45) is 6.92. The van der Waals surface area contributed by atoms with Crippen LogP contribution >= 0.6 is 15.9 Å². The Morgan fingerprint density at radius 1 is 1.28 bits per heavy atom. The van der Waals surface area contributed by atoms with Gasteiger partial charge in [-0.3, -0.25) is 0 Å². The van der Waals surface area contributed by atoms with Gasteiger partial charge in [-0.25, -0.2) is 0 Å². The molecule has 1 atom stereocenters. The minimum absolute atomic E-state index is 0.128. The zero-order valence-corrected chi connectivity index (χ0v) is 12.5. The quantitative estimate of drug-likeness (QED) is 0.746. The van der Waals surface area contributed by atoms with Gasteiger partial charge >= 0.3 is 0 Å². The zero-order chi connectivity index (χ0) is 12.8. The Balaban J connectivity index is 2.02. The summed E-state index contributed by atoms with van der Waals surface area (Å²) in [5.41, 5.74) is 1.19. The Labute approximate surface area is 118 Å². The van der Waals surface area contributed by atoms with Crippen LogP contribution in [0.1, 0.15) is 43.8 Å². The molecule has 18 heavy (non-hydrogen) atoms. The highest BCUT2D eigenvalue weighted by atomic mass is 79.9. The molecule has 0 bridgehead atoms. The molecule has 1 aliphatic rings. The Hall–Kier alpha value is -0.540. The number of hydrogen-bond acceptors (Lipinski definition) is 2. The van der Waals surface area contributed by atoms with Crippen molar-refractivity contribution in [1.29, 1.82) is 0 Å². The molecule has 0 saturated heterocycles. The predicted octanol–water partition coefficient (Wildman–Crippen LogP) is 4.48. The fourth-order valence-electron chi connectivity index (χ4n) is 2.48. The lowest BCUT2D eigenvalue weighted by atomic mass is 9.97. The monoisotopic (exact) mass is 312 g/mol.